The quantitative estimate of drug-likeness (QED) is 0.0640. The molecule has 3 N–H and O–H groups in total. The Morgan fingerprint density at radius 3 is 1.42 bits per heavy atom. The van der Waals surface area contributed by atoms with Gasteiger partial charge < -0.3 is 58.4 Å². The molecule has 0 radical (unpaired) electrons. The van der Waals surface area contributed by atoms with Crippen molar-refractivity contribution >= 4 is 17.3 Å². The van der Waals surface area contributed by atoms with Crippen molar-refractivity contribution in [3.8, 4) is 5.75 Å². The van der Waals surface area contributed by atoms with Gasteiger partial charge in [0.2, 0.25) is 0 Å². The number of carbonyl (C=O) groups is 1. The van der Waals surface area contributed by atoms with Crippen molar-refractivity contribution in [2.45, 2.75) is 19.8 Å². The number of unbranched alkanes of at least 4 members (excludes halogenated alkanes) is 1. The van der Waals surface area contributed by atoms with Crippen LogP contribution in [0.4, 0.5) is 11.4 Å². The van der Waals surface area contributed by atoms with E-state index in [-0.39, 0.29) is 12.6 Å². The normalized spacial score (nSPS) is 11.1. The molecule has 48 heavy (non-hydrogen) atoms. The summed E-state index contributed by atoms with van der Waals surface area (Å²) in [4.78, 5) is 12.1. The average Bonchev–Trinajstić information content (AvgIpc) is 3.10. The number of carbonyl (C=O) groups excluding carboxylic acids is 1. The molecule has 0 fully saturated rings. The second kappa shape index (κ2) is 30.1. The fourth-order valence-electron chi connectivity index (χ4n) is 3.87. The van der Waals surface area contributed by atoms with E-state index in [1.807, 2.05) is 30.3 Å². The number of nitrogens with one attached hydrogen (secondary N) is 1. The van der Waals surface area contributed by atoms with Gasteiger partial charge in [0.1, 0.15) is 19.0 Å². The average molecular weight is 681 g/mol. The Labute approximate surface area is 285 Å². The van der Waals surface area contributed by atoms with Gasteiger partial charge in [-0.2, -0.15) is 0 Å². The molecule has 2 rings (SSSR count). The van der Waals surface area contributed by atoms with Crippen molar-refractivity contribution in [1.29, 1.82) is 0 Å². The molecule has 0 saturated heterocycles. The summed E-state index contributed by atoms with van der Waals surface area (Å²) >= 11 is 0. The molecule has 0 atom stereocenters. The number of para-hydroxylation sites is 2. The van der Waals surface area contributed by atoms with Crippen molar-refractivity contribution in [1.82, 2.24) is 0 Å². The highest BCUT2D eigenvalue weighted by Gasteiger charge is 2.07. The number of nitrogen functional groups attached to an aromatic ring is 1. The third-order valence-electron chi connectivity index (χ3n) is 6.45. The SMILES string of the molecule is CCCCNc1ccc(C(=O)OCCOCCOCCOCCOCCOCCOCCOCCOCCOc2ccccc2N)cc1. The fraction of sp³-hybridized carbons (Fsp3) is 0.629. The van der Waals surface area contributed by atoms with Gasteiger partial charge >= 0.3 is 5.97 Å². The van der Waals surface area contributed by atoms with E-state index < -0.39 is 0 Å². The first-order valence-electron chi connectivity index (χ1n) is 16.8. The molecule has 0 aromatic heterocycles. The van der Waals surface area contributed by atoms with E-state index in [2.05, 4.69) is 12.2 Å². The maximum atomic E-state index is 12.1. The molecule has 0 saturated carbocycles. The lowest BCUT2D eigenvalue weighted by Gasteiger charge is -2.10. The minimum absolute atomic E-state index is 0.189. The summed E-state index contributed by atoms with van der Waals surface area (Å²) in [7, 11) is 0. The molecule has 13 nitrogen and oxygen atoms in total. The molecular formula is C35H56N2O11. The van der Waals surface area contributed by atoms with Crippen molar-refractivity contribution in [3.63, 3.8) is 0 Å². The first-order chi connectivity index (χ1) is 23.7. The zero-order chi connectivity index (χ0) is 34.2. The predicted molar refractivity (Wildman–Crippen MR) is 183 cm³/mol. The summed E-state index contributed by atoms with van der Waals surface area (Å²) in [5.74, 6) is 0.303. The van der Waals surface area contributed by atoms with Gasteiger partial charge in [0, 0.05) is 12.2 Å². The Hall–Kier alpha value is -3.01. The van der Waals surface area contributed by atoms with Crippen molar-refractivity contribution in [2.75, 3.05) is 137 Å². The van der Waals surface area contributed by atoms with Gasteiger partial charge in [-0.05, 0) is 42.8 Å². The summed E-state index contributed by atoms with van der Waals surface area (Å²) in [5, 5.41) is 3.32. The summed E-state index contributed by atoms with van der Waals surface area (Å²) < 4.78 is 54.6. The zero-order valence-electron chi connectivity index (χ0n) is 28.5. The lowest BCUT2D eigenvalue weighted by Crippen LogP contribution is -2.15. The van der Waals surface area contributed by atoms with E-state index in [9.17, 15) is 4.79 Å². The van der Waals surface area contributed by atoms with Gasteiger partial charge in [-0.15, -0.1) is 0 Å². The highest BCUT2D eigenvalue weighted by Crippen LogP contribution is 2.19. The lowest BCUT2D eigenvalue weighted by atomic mass is 10.2. The standard InChI is InChI=1S/C35H56N2O11/c1-2-3-12-37-32-10-8-31(9-11-32)35(38)48-30-28-46-26-24-44-22-20-42-18-16-40-14-13-39-15-17-41-19-21-43-23-25-45-27-29-47-34-7-5-4-6-33(34)36/h4-11,37H,2-3,12-30,36H2,1H3. The third-order valence-corrected chi connectivity index (χ3v) is 6.45. The molecule has 0 aliphatic rings. The third kappa shape index (κ3) is 22.5. The van der Waals surface area contributed by atoms with Gasteiger partial charge in [-0.1, -0.05) is 25.5 Å². The van der Waals surface area contributed by atoms with Crippen molar-refractivity contribution in [3.05, 3.63) is 54.1 Å². The lowest BCUT2D eigenvalue weighted by molar-refractivity contribution is -0.0247. The van der Waals surface area contributed by atoms with E-state index in [1.54, 1.807) is 18.2 Å². The molecule has 0 heterocycles. The van der Waals surface area contributed by atoms with Crippen LogP contribution in [0.1, 0.15) is 30.1 Å². The predicted octanol–water partition coefficient (Wildman–Crippen LogP) is 3.85. The molecule has 0 amide bonds. The fourth-order valence-corrected chi connectivity index (χ4v) is 3.87. The summed E-state index contributed by atoms with van der Waals surface area (Å²) in [6.07, 6.45) is 2.24. The van der Waals surface area contributed by atoms with Crippen LogP contribution < -0.4 is 15.8 Å². The van der Waals surface area contributed by atoms with Crippen LogP contribution in [0.15, 0.2) is 48.5 Å². The van der Waals surface area contributed by atoms with Gasteiger partial charge in [0.15, 0.2) is 0 Å². The number of hydrogen-bond acceptors (Lipinski definition) is 13. The maximum absolute atomic E-state index is 12.1. The van der Waals surface area contributed by atoms with Crippen LogP contribution >= 0.6 is 0 Å². The van der Waals surface area contributed by atoms with Crippen LogP contribution in [0.5, 0.6) is 5.75 Å². The van der Waals surface area contributed by atoms with E-state index >= 15 is 0 Å². The number of nitrogens with two attached hydrogens (primary N) is 1. The minimum Gasteiger partial charge on any atom is -0.489 e. The Bertz CT molecular complexity index is 1030. The highest BCUT2D eigenvalue weighted by atomic mass is 16.6. The van der Waals surface area contributed by atoms with Gasteiger partial charge in [-0.25, -0.2) is 4.79 Å². The highest BCUT2D eigenvalue weighted by molar-refractivity contribution is 5.89. The van der Waals surface area contributed by atoms with Crippen LogP contribution in [0.2, 0.25) is 0 Å². The number of hydrogen-bond donors (Lipinski definition) is 2. The molecule has 272 valence electrons. The van der Waals surface area contributed by atoms with Crippen LogP contribution in [0.25, 0.3) is 0 Å². The van der Waals surface area contributed by atoms with E-state index in [0.29, 0.717) is 129 Å². The monoisotopic (exact) mass is 680 g/mol. The zero-order valence-corrected chi connectivity index (χ0v) is 28.5. The first-order valence-corrected chi connectivity index (χ1v) is 16.8. The van der Waals surface area contributed by atoms with Crippen LogP contribution in [0.3, 0.4) is 0 Å². The van der Waals surface area contributed by atoms with Gasteiger partial charge in [-0.3, -0.25) is 0 Å². The summed E-state index contributed by atoms with van der Waals surface area (Å²) in [5.41, 5.74) is 7.95. The molecular weight excluding hydrogens is 624 g/mol. The molecule has 0 bridgehead atoms. The smallest absolute Gasteiger partial charge is 0.338 e. The Morgan fingerprint density at radius 1 is 0.562 bits per heavy atom. The minimum atomic E-state index is -0.362. The number of anilines is 2. The van der Waals surface area contributed by atoms with E-state index in [4.69, 9.17) is 53.1 Å². The Morgan fingerprint density at radius 2 is 0.979 bits per heavy atom. The maximum Gasteiger partial charge on any atom is 0.338 e. The van der Waals surface area contributed by atoms with Gasteiger partial charge in [0.05, 0.1) is 117 Å². The largest absolute Gasteiger partial charge is 0.489 e. The van der Waals surface area contributed by atoms with E-state index in [0.717, 1.165) is 25.1 Å². The molecule has 0 unspecified atom stereocenters. The molecule has 0 spiro atoms. The Balaban J connectivity index is 1.21. The second-order valence-electron chi connectivity index (χ2n) is 10.3. The number of ether oxygens (including phenoxy) is 10. The topological polar surface area (TPSA) is 147 Å². The number of esters is 1. The number of benzene rings is 2. The first kappa shape index (κ1) is 41.2. The van der Waals surface area contributed by atoms with Crippen LogP contribution in [-0.4, -0.2) is 131 Å². The second-order valence-corrected chi connectivity index (χ2v) is 10.3. The molecule has 13 heteroatoms. The molecule has 2 aromatic carbocycles. The molecule has 2 aromatic rings. The molecule has 0 aliphatic carbocycles. The van der Waals surface area contributed by atoms with Crippen LogP contribution in [-0.2, 0) is 42.6 Å². The van der Waals surface area contributed by atoms with Crippen LogP contribution in [0, 0.1) is 0 Å². The van der Waals surface area contributed by atoms with Gasteiger partial charge in [0.25, 0.3) is 0 Å². The number of rotatable bonds is 33. The van der Waals surface area contributed by atoms with Crippen molar-refractivity contribution in [2.24, 2.45) is 0 Å². The van der Waals surface area contributed by atoms with Crippen molar-refractivity contribution < 1.29 is 52.2 Å². The molecule has 0 aliphatic heterocycles. The summed E-state index contributed by atoms with van der Waals surface area (Å²) in [6, 6.07) is 14.7. The summed E-state index contributed by atoms with van der Waals surface area (Å²) in [6.45, 7) is 11.1. The Kier molecular flexibility index (Phi) is 25.8. The van der Waals surface area contributed by atoms with E-state index in [1.165, 1.54) is 0 Å².